The third kappa shape index (κ3) is 11.4. The first-order valence-electron chi connectivity index (χ1n) is 9.45. The predicted octanol–water partition coefficient (Wildman–Crippen LogP) is -1.16. The van der Waals surface area contributed by atoms with Gasteiger partial charge >= 0.3 is 0 Å². The van der Waals surface area contributed by atoms with Crippen LogP contribution in [0.4, 0.5) is 0 Å². The number of nitrogens with one attached hydrogen (secondary N) is 1. The van der Waals surface area contributed by atoms with Crippen molar-refractivity contribution in [3.05, 3.63) is 59.5 Å². The van der Waals surface area contributed by atoms with Crippen LogP contribution < -0.4 is 22.3 Å². The molecule has 0 amide bonds. The van der Waals surface area contributed by atoms with Gasteiger partial charge in [-0.1, -0.05) is 24.3 Å². The van der Waals surface area contributed by atoms with Crippen LogP contribution in [0.1, 0.15) is 21.9 Å². The van der Waals surface area contributed by atoms with Gasteiger partial charge in [0.05, 0.1) is 20.2 Å². The molecule has 0 atom stereocenters. The number of benzene rings is 2. The summed E-state index contributed by atoms with van der Waals surface area (Å²) in [6, 6.07) is 12.3. The van der Waals surface area contributed by atoms with Crippen molar-refractivity contribution in [3.63, 3.8) is 0 Å². The van der Waals surface area contributed by atoms with Gasteiger partial charge in [0.25, 0.3) is 0 Å². The lowest BCUT2D eigenvalue weighted by molar-refractivity contribution is -0.257. The normalized spacial score (nSPS) is 10.9. The van der Waals surface area contributed by atoms with Gasteiger partial charge in [-0.15, -0.1) is 0 Å². The van der Waals surface area contributed by atoms with Crippen LogP contribution in [0.2, 0.25) is 0 Å². The van der Waals surface area contributed by atoms with Gasteiger partial charge in [-0.3, -0.25) is 5.41 Å². The number of aliphatic imine (C=N–C) groups is 1. The van der Waals surface area contributed by atoms with E-state index in [4.69, 9.17) is 53.0 Å². The van der Waals surface area contributed by atoms with E-state index in [9.17, 15) is 9.90 Å². The van der Waals surface area contributed by atoms with Gasteiger partial charge in [-0.2, -0.15) is 0 Å². The molecular weight excluding hydrogens is 518 g/mol. The van der Waals surface area contributed by atoms with Crippen molar-refractivity contribution in [1.82, 2.24) is 0 Å². The second-order valence-electron chi connectivity index (χ2n) is 7.08. The van der Waals surface area contributed by atoms with Crippen LogP contribution in [0, 0.1) is 5.41 Å². The van der Waals surface area contributed by atoms with E-state index < -0.39 is 26.2 Å². The zero-order valence-corrected chi connectivity index (χ0v) is 20.6. The van der Waals surface area contributed by atoms with Crippen molar-refractivity contribution in [2.45, 2.75) is 6.54 Å². The lowest BCUT2D eigenvalue weighted by Gasteiger charge is -2.06. The molecule has 14 nitrogen and oxygen atoms in total. The van der Waals surface area contributed by atoms with E-state index in [0.29, 0.717) is 35.0 Å². The fourth-order valence-electron chi connectivity index (χ4n) is 2.64. The van der Waals surface area contributed by atoms with Crippen molar-refractivity contribution < 1.29 is 40.3 Å². The Morgan fingerprint density at radius 2 is 1.44 bits per heavy atom. The number of nitrogens with zero attached hydrogens (tertiary/aromatic N) is 1. The molecule has 0 aliphatic rings. The lowest BCUT2D eigenvalue weighted by atomic mass is 9.99. The lowest BCUT2D eigenvalue weighted by Crippen LogP contribution is -2.22. The molecule has 3 rings (SSSR count). The largest absolute Gasteiger partial charge is 0.748 e. The molecule has 3 aromatic rings. The number of fused-ring (bicyclic) bond motifs is 1. The average molecular weight is 541 g/mol. The number of hydrogen-bond donors (Lipinski definition) is 4. The number of nitrogen functional groups attached to an aromatic ring is 1. The quantitative estimate of drug-likeness (QED) is 0.169. The van der Waals surface area contributed by atoms with E-state index in [1.807, 2.05) is 18.2 Å². The highest BCUT2D eigenvalue weighted by atomic mass is 32.2. The zero-order chi connectivity index (χ0) is 27.8. The first-order valence-corrected chi connectivity index (χ1v) is 13.1. The number of aromatic carboxylic acids is 1. The molecule has 0 unspecified atom stereocenters. The number of carboxylic acid groups (broad SMARTS) is 1. The molecular formula is C20H22N5O9S2-3. The number of rotatable bonds is 5. The summed E-state index contributed by atoms with van der Waals surface area (Å²) in [5, 5.41) is 20.6. The summed E-state index contributed by atoms with van der Waals surface area (Å²) in [5.74, 6) is -1.55. The van der Waals surface area contributed by atoms with Crippen molar-refractivity contribution in [3.8, 4) is 11.1 Å². The summed E-state index contributed by atoms with van der Waals surface area (Å²) in [7, 11) is -7.83. The Bertz CT molecular complexity index is 1460. The molecule has 196 valence electrons. The second-order valence-corrected chi connectivity index (χ2v) is 9.90. The maximum Gasteiger partial charge on any atom is 0.186 e. The summed E-state index contributed by atoms with van der Waals surface area (Å²) in [6.45, 7) is 0.0260. The number of amidine groups is 1. The molecule has 16 heteroatoms. The fraction of sp³-hybridized carbons (Fsp3) is 0.150. The molecule has 0 spiro atoms. The van der Waals surface area contributed by atoms with Crippen LogP contribution in [0.25, 0.3) is 21.9 Å². The van der Waals surface area contributed by atoms with Crippen molar-refractivity contribution in [2.75, 3.05) is 12.5 Å². The van der Waals surface area contributed by atoms with Crippen LogP contribution in [0.3, 0.4) is 0 Å². The summed E-state index contributed by atoms with van der Waals surface area (Å²) in [4.78, 5) is 15.2. The highest BCUT2D eigenvalue weighted by Crippen LogP contribution is 2.30. The van der Waals surface area contributed by atoms with Gasteiger partial charge < -0.3 is 40.6 Å². The van der Waals surface area contributed by atoms with E-state index in [1.54, 1.807) is 24.3 Å². The topological polar surface area (TPSA) is 282 Å². The Labute approximate surface area is 206 Å². The first-order chi connectivity index (χ1) is 16.3. The molecule has 0 radical (unpaired) electrons. The van der Waals surface area contributed by atoms with Crippen molar-refractivity contribution in [2.24, 2.45) is 22.2 Å². The summed E-state index contributed by atoms with van der Waals surface area (Å²) in [5.41, 5.74) is 17.7. The molecule has 0 aliphatic carbocycles. The molecule has 1 heterocycles. The van der Waals surface area contributed by atoms with E-state index in [0.717, 1.165) is 10.8 Å². The predicted molar refractivity (Wildman–Crippen MR) is 128 cm³/mol. The Morgan fingerprint density at radius 1 is 0.944 bits per heavy atom. The number of nitrogens with two attached hydrogens (primary N) is 3. The zero-order valence-electron chi connectivity index (χ0n) is 18.9. The molecule has 2 aromatic carbocycles. The van der Waals surface area contributed by atoms with Crippen LogP contribution in [-0.2, 0) is 26.8 Å². The van der Waals surface area contributed by atoms with Gasteiger partial charge in [-0.05, 0) is 34.5 Å². The Morgan fingerprint density at radius 3 is 1.92 bits per heavy atom. The Balaban J connectivity index is 0.000000550. The fourth-order valence-corrected chi connectivity index (χ4v) is 2.64. The maximum absolute atomic E-state index is 11.4. The Kier molecular flexibility index (Phi) is 10.1. The number of hydrogen-bond acceptors (Lipinski definition) is 11. The number of carbonyl (C=O) groups excluding carboxylic acids is 1. The molecule has 0 bridgehead atoms. The number of carboxylic acids is 1. The van der Waals surface area contributed by atoms with Crippen molar-refractivity contribution in [1.29, 1.82) is 5.41 Å². The monoisotopic (exact) mass is 540 g/mol. The smallest absolute Gasteiger partial charge is 0.186 e. The number of carbonyl (C=O) groups is 1. The van der Waals surface area contributed by atoms with E-state index in [-0.39, 0.29) is 24.1 Å². The summed E-state index contributed by atoms with van der Waals surface area (Å²) in [6.07, 6.45) is 1.21. The molecule has 1 aromatic heterocycles. The third-order valence-corrected chi connectivity index (χ3v) is 3.85. The Hall–Kier alpha value is -3.99. The van der Waals surface area contributed by atoms with Crippen LogP contribution in [-0.4, -0.2) is 56.2 Å². The average Bonchev–Trinajstić information content (AvgIpc) is 3.13. The van der Waals surface area contributed by atoms with Gasteiger partial charge in [-0.25, -0.2) is 21.8 Å². The molecule has 7 N–H and O–H groups in total. The maximum atomic E-state index is 11.4. The van der Waals surface area contributed by atoms with E-state index >= 15 is 0 Å². The van der Waals surface area contributed by atoms with Crippen molar-refractivity contribution >= 4 is 48.8 Å². The van der Waals surface area contributed by atoms with Gasteiger partial charge in [0.1, 0.15) is 24.1 Å². The minimum absolute atomic E-state index is 0.0191. The molecule has 0 saturated heterocycles. The molecule has 36 heavy (non-hydrogen) atoms. The SMILES string of the molecule is CS(=O)(=O)[O-].CS(=O)(=O)[O-].N=C(N)c1ccc2cc(-c3cc(CN=C(N)N)oc3C(=O)[O-])ccc2c1. The van der Waals surface area contributed by atoms with Gasteiger partial charge in [0, 0.05) is 23.6 Å². The number of guanidine groups is 1. The summed E-state index contributed by atoms with van der Waals surface area (Å²) < 4.78 is 59.8. The minimum Gasteiger partial charge on any atom is -0.748 e. The second kappa shape index (κ2) is 12.1. The third-order valence-electron chi connectivity index (χ3n) is 3.85. The first kappa shape index (κ1) is 30.0. The van der Waals surface area contributed by atoms with Gasteiger partial charge in [0.15, 0.2) is 11.7 Å². The van der Waals surface area contributed by atoms with Gasteiger partial charge in [0.2, 0.25) is 0 Å². The highest BCUT2D eigenvalue weighted by Gasteiger charge is 2.14. The molecule has 0 fully saturated rings. The van der Waals surface area contributed by atoms with E-state index in [2.05, 4.69) is 4.99 Å². The molecule has 0 aliphatic heterocycles. The highest BCUT2D eigenvalue weighted by molar-refractivity contribution is 7.85. The van der Waals surface area contributed by atoms with Crippen LogP contribution in [0.5, 0.6) is 0 Å². The van der Waals surface area contributed by atoms with Crippen LogP contribution >= 0.6 is 0 Å². The number of furan rings is 1. The van der Waals surface area contributed by atoms with E-state index in [1.165, 1.54) is 0 Å². The minimum atomic E-state index is -3.92. The summed E-state index contributed by atoms with van der Waals surface area (Å²) >= 11 is 0. The van der Waals surface area contributed by atoms with Crippen LogP contribution in [0.15, 0.2) is 51.9 Å². The molecule has 0 saturated carbocycles. The standard InChI is InChI=1S/C18H17N5O3.2CH4O3S/c19-16(20)12-4-2-9-5-11(3-1-10(9)6-12)14-7-13(8-23-18(21)22)26-15(14)17(24)25;2*1-5(2,3)4/h1-7H,8H2,(H3,19,20)(H,24,25)(H4,21,22,23);2*1H3,(H,2,3,4)/p-3.